The molecule has 0 aliphatic carbocycles. The number of thiazole rings is 1. The smallest absolute Gasteiger partial charge is 0.203 e. The Morgan fingerprint density at radius 3 is 2.58 bits per heavy atom. The molecular weight excluding hydrogens is 410 g/mol. The van der Waals surface area contributed by atoms with E-state index in [0.29, 0.717) is 5.76 Å². The van der Waals surface area contributed by atoms with E-state index in [1.54, 1.807) is 6.21 Å². The third-order valence-electron chi connectivity index (χ3n) is 3.68. The van der Waals surface area contributed by atoms with Crippen molar-refractivity contribution in [2.24, 2.45) is 5.10 Å². The number of nitrogens with one attached hydrogen (secondary N) is 1. The molecule has 2 aromatic heterocycles. The summed E-state index contributed by atoms with van der Waals surface area (Å²) in [6.07, 6.45) is 1.64. The average molecular weight is 424 g/mol. The molecule has 0 aliphatic heterocycles. The number of aromatic nitrogens is 1. The fourth-order valence-electron chi connectivity index (χ4n) is 2.41. The molecule has 2 heterocycles. The van der Waals surface area contributed by atoms with E-state index in [9.17, 15) is 0 Å². The number of furan rings is 1. The Balaban J connectivity index is 1.42. The number of hydrazone groups is 1. The summed E-state index contributed by atoms with van der Waals surface area (Å²) in [5, 5.41) is 6.95. The summed E-state index contributed by atoms with van der Waals surface area (Å²) < 4.78 is 6.84. The first-order chi connectivity index (χ1) is 12.8. The van der Waals surface area contributed by atoms with Gasteiger partial charge in [-0.2, -0.15) is 5.10 Å². The van der Waals surface area contributed by atoms with Gasteiger partial charge < -0.3 is 4.42 Å². The summed E-state index contributed by atoms with van der Waals surface area (Å²) in [4.78, 5) is 4.53. The predicted molar refractivity (Wildman–Crippen MR) is 111 cm³/mol. The Bertz CT molecular complexity index is 1020. The minimum atomic E-state index is 0.676. The van der Waals surface area contributed by atoms with Crippen LogP contribution in [-0.4, -0.2) is 11.2 Å². The Morgan fingerprint density at radius 2 is 1.77 bits per heavy atom. The van der Waals surface area contributed by atoms with Gasteiger partial charge in [0, 0.05) is 21.0 Å². The lowest BCUT2D eigenvalue weighted by molar-refractivity contribution is 0.575. The molecule has 4 nitrogen and oxygen atoms in total. The van der Waals surface area contributed by atoms with Crippen molar-refractivity contribution >= 4 is 38.6 Å². The molecule has 0 aliphatic rings. The molecule has 0 fully saturated rings. The second-order valence-corrected chi connectivity index (χ2v) is 7.26. The van der Waals surface area contributed by atoms with Crippen molar-refractivity contribution in [2.45, 2.75) is 0 Å². The molecule has 0 bridgehead atoms. The first kappa shape index (κ1) is 16.8. The number of anilines is 1. The number of halogens is 1. The summed E-state index contributed by atoms with van der Waals surface area (Å²) in [6.45, 7) is 0. The summed E-state index contributed by atoms with van der Waals surface area (Å²) in [7, 11) is 0. The van der Waals surface area contributed by atoms with Crippen molar-refractivity contribution in [2.75, 3.05) is 5.43 Å². The monoisotopic (exact) mass is 423 g/mol. The topological polar surface area (TPSA) is 50.4 Å². The molecule has 0 saturated heterocycles. The Labute approximate surface area is 163 Å². The van der Waals surface area contributed by atoms with Crippen LogP contribution in [0.2, 0.25) is 0 Å². The second-order valence-electron chi connectivity index (χ2n) is 5.48. The van der Waals surface area contributed by atoms with E-state index < -0.39 is 0 Å². The minimum absolute atomic E-state index is 0.676. The SMILES string of the molecule is Brc1ccc(-c2ccc(/C=N\Nc3nc(-c4ccccc4)cs3)o2)cc1. The number of benzene rings is 2. The Morgan fingerprint density at radius 1 is 0.962 bits per heavy atom. The highest BCUT2D eigenvalue weighted by Crippen LogP contribution is 2.25. The molecule has 1 N–H and O–H groups in total. The van der Waals surface area contributed by atoms with Gasteiger partial charge in [0.15, 0.2) is 0 Å². The zero-order valence-corrected chi connectivity index (χ0v) is 16.0. The van der Waals surface area contributed by atoms with Gasteiger partial charge in [-0.05, 0) is 24.3 Å². The van der Waals surface area contributed by atoms with Crippen molar-refractivity contribution in [1.29, 1.82) is 0 Å². The Kier molecular flexibility index (Phi) is 4.95. The van der Waals surface area contributed by atoms with Crippen LogP contribution in [0.15, 0.2) is 86.1 Å². The van der Waals surface area contributed by atoms with Gasteiger partial charge in [0.05, 0.1) is 11.9 Å². The highest BCUT2D eigenvalue weighted by Gasteiger charge is 2.04. The van der Waals surface area contributed by atoms with Crippen molar-refractivity contribution < 1.29 is 4.42 Å². The maximum atomic E-state index is 5.80. The fourth-order valence-corrected chi connectivity index (χ4v) is 3.34. The molecule has 4 aromatic rings. The van der Waals surface area contributed by atoms with Gasteiger partial charge in [-0.15, -0.1) is 11.3 Å². The van der Waals surface area contributed by atoms with E-state index in [1.807, 2.05) is 72.1 Å². The molecule has 26 heavy (non-hydrogen) atoms. The highest BCUT2D eigenvalue weighted by atomic mass is 79.9. The summed E-state index contributed by atoms with van der Waals surface area (Å²) in [5.41, 5.74) is 5.99. The first-order valence-corrected chi connectivity index (χ1v) is 9.61. The largest absolute Gasteiger partial charge is 0.455 e. The van der Waals surface area contributed by atoms with Gasteiger partial charge in [0.25, 0.3) is 0 Å². The van der Waals surface area contributed by atoms with Gasteiger partial charge in [-0.25, -0.2) is 4.98 Å². The molecule has 0 spiro atoms. The minimum Gasteiger partial charge on any atom is -0.455 e. The van der Waals surface area contributed by atoms with E-state index in [1.165, 1.54) is 11.3 Å². The molecule has 2 aromatic carbocycles. The molecule has 0 unspecified atom stereocenters. The number of rotatable bonds is 5. The van der Waals surface area contributed by atoms with E-state index in [-0.39, 0.29) is 0 Å². The van der Waals surface area contributed by atoms with Gasteiger partial charge in [-0.1, -0.05) is 58.4 Å². The molecule has 0 radical (unpaired) electrons. The van der Waals surface area contributed by atoms with E-state index >= 15 is 0 Å². The maximum Gasteiger partial charge on any atom is 0.203 e. The van der Waals surface area contributed by atoms with Crippen LogP contribution in [0.4, 0.5) is 5.13 Å². The van der Waals surface area contributed by atoms with Gasteiger partial charge in [0.2, 0.25) is 5.13 Å². The third-order valence-corrected chi connectivity index (χ3v) is 4.96. The second kappa shape index (κ2) is 7.68. The van der Waals surface area contributed by atoms with Crippen LogP contribution in [0.25, 0.3) is 22.6 Å². The molecule has 4 rings (SSSR count). The molecular formula is C20H14BrN3OS. The molecule has 128 valence electrons. The van der Waals surface area contributed by atoms with Crippen LogP contribution in [-0.2, 0) is 0 Å². The zero-order chi connectivity index (χ0) is 17.8. The lowest BCUT2D eigenvalue weighted by Crippen LogP contribution is -1.89. The van der Waals surface area contributed by atoms with E-state index in [4.69, 9.17) is 4.42 Å². The third kappa shape index (κ3) is 3.92. The summed E-state index contributed by atoms with van der Waals surface area (Å²) in [5.74, 6) is 1.48. The average Bonchev–Trinajstić information content (AvgIpc) is 3.33. The van der Waals surface area contributed by atoms with Gasteiger partial charge in [0.1, 0.15) is 11.5 Å². The normalized spacial score (nSPS) is 11.1. The molecule has 0 atom stereocenters. The number of hydrogen-bond donors (Lipinski definition) is 1. The lowest BCUT2D eigenvalue weighted by atomic mass is 10.2. The van der Waals surface area contributed by atoms with Crippen LogP contribution in [0, 0.1) is 0 Å². The maximum absolute atomic E-state index is 5.80. The van der Waals surface area contributed by atoms with E-state index in [0.717, 1.165) is 32.2 Å². The van der Waals surface area contributed by atoms with Crippen LogP contribution < -0.4 is 5.43 Å². The van der Waals surface area contributed by atoms with Crippen LogP contribution in [0.1, 0.15) is 5.76 Å². The number of nitrogens with zero attached hydrogens (tertiary/aromatic N) is 2. The summed E-state index contributed by atoms with van der Waals surface area (Å²) >= 11 is 4.94. The van der Waals surface area contributed by atoms with Crippen LogP contribution in [0.5, 0.6) is 0 Å². The van der Waals surface area contributed by atoms with Crippen molar-refractivity contribution in [3.63, 3.8) is 0 Å². The quantitative estimate of drug-likeness (QED) is 0.303. The van der Waals surface area contributed by atoms with Crippen molar-refractivity contribution in [3.05, 3.63) is 82.3 Å². The molecule has 6 heteroatoms. The fraction of sp³-hybridized carbons (Fsp3) is 0. The lowest BCUT2D eigenvalue weighted by Gasteiger charge is -1.96. The van der Waals surface area contributed by atoms with Crippen LogP contribution >= 0.6 is 27.3 Å². The summed E-state index contributed by atoms with van der Waals surface area (Å²) in [6, 6.07) is 21.9. The molecule has 0 saturated carbocycles. The molecule has 0 amide bonds. The van der Waals surface area contributed by atoms with Crippen LogP contribution in [0.3, 0.4) is 0 Å². The first-order valence-electron chi connectivity index (χ1n) is 7.94. The van der Waals surface area contributed by atoms with Gasteiger partial charge >= 0.3 is 0 Å². The number of hydrogen-bond acceptors (Lipinski definition) is 5. The van der Waals surface area contributed by atoms with E-state index in [2.05, 4.69) is 31.4 Å². The standard InChI is InChI=1S/C20H14BrN3OS/c21-16-8-6-15(7-9-16)19-11-10-17(25-19)12-22-24-20-23-18(13-26-20)14-4-2-1-3-5-14/h1-13H,(H,23,24)/b22-12-. The van der Waals surface area contributed by atoms with Crippen molar-refractivity contribution in [1.82, 2.24) is 4.98 Å². The highest BCUT2D eigenvalue weighted by molar-refractivity contribution is 9.10. The van der Waals surface area contributed by atoms with Gasteiger partial charge in [-0.3, -0.25) is 5.43 Å². The predicted octanol–water partition coefficient (Wildman–Crippen LogP) is 6.28. The Hall–Kier alpha value is -2.70. The van der Waals surface area contributed by atoms with Crippen molar-refractivity contribution in [3.8, 4) is 22.6 Å². The zero-order valence-electron chi connectivity index (χ0n) is 13.6.